The van der Waals surface area contributed by atoms with Crippen molar-refractivity contribution in [2.45, 2.75) is 25.6 Å². The van der Waals surface area contributed by atoms with Crippen LogP contribution in [0.1, 0.15) is 24.9 Å². The molecule has 1 rings (SSSR count). The SMILES string of the molecule is CC(=O)NC(CC(=O)NCCOCC(F)(F)F)c1ccccc1. The summed E-state index contributed by atoms with van der Waals surface area (Å²) in [6.45, 7) is -0.266. The molecule has 0 fully saturated rings. The van der Waals surface area contributed by atoms with Gasteiger partial charge in [-0.3, -0.25) is 9.59 Å². The van der Waals surface area contributed by atoms with Crippen molar-refractivity contribution in [3.05, 3.63) is 35.9 Å². The first-order valence-electron chi connectivity index (χ1n) is 7.01. The van der Waals surface area contributed by atoms with Crippen LogP contribution in [0.3, 0.4) is 0 Å². The predicted molar refractivity (Wildman–Crippen MR) is 77.5 cm³/mol. The second-order valence-electron chi connectivity index (χ2n) is 4.89. The van der Waals surface area contributed by atoms with Crippen LogP contribution in [0.4, 0.5) is 13.2 Å². The van der Waals surface area contributed by atoms with Crippen molar-refractivity contribution in [3.63, 3.8) is 0 Å². The average molecular weight is 332 g/mol. The van der Waals surface area contributed by atoms with Crippen LogP contribution in [0.15, 0.2) is 30.3 Å². The largest absolute Gasteiger partial charge is 0.411 e. The lowest BCUT2D eigenvalue weighted by Gasteiger charge is -2.18. The van der Waals surface area contributed by atoms with E-state index in [0.717, 1.165) is 5.56 Å². The zero-order valence-electron chi connectivity index (χ0n) is 12.7. The highest BCUT2D eigenvalue weighted by molar-refractivity contribution is 5.79. The van der Waals surface area contributed by atoms with Crippen LogP contribution in [-0.2, 0) is 14.3 Å². The molecule has 1 aromatic rings. The third-order valence-electron chi connectivity index (χ3n) is 2.80. The Morgan fingerprint density at radius 3 is 2.43 bits per heavy atom. The first-order valence-corrected chi connectivity index (χ1v) is 7.01. The molecule has 1 atom stereocenters. The van der Waals surface area contributed by atoms with E-state index in [9.17, 15) is 22.8 Å². The lowest BCUT2D eigenvalue weighted by atomic mass is 10.0. The topological polar surface area (TPSA) is 67.4 Å². The van der Waals surface area contributed by atoms with Crippen molar-refractivity contribution < 1.29 is 27.5 Å². The van der Waals surface area contributed by atoms with Gasteiger partial charge in [-0.25, -0.2) is 0 Å². The Balaban J connectivity index is 2.41. The monoisotopic (exact) mass is 332 g/mol. The first-order chi connectivity index (χ1) is 10.8. The molecule has 128 valence electrons. The Morgan fingerprint density at radius 1 is 1.22 bits per heavy atom. The molecule has 2 N–H and O–H groups in total. The summed E-state index contributed by atoms with van der Waals surface area (Å²) >= 11 is 0. The van der Waals surface area contributed by atoms with Crippen LogP contribution in [-0.4, -0.2) is 37.7 Å². The number of carbonyl (C=O) groups is 2. The van der Waals surface area contributed by atoms with E-state index in [-0.39, 0.29) is 31.4 Å². The summed E-state index contributed by atoms with van der Waals surface area (Å²) in [4.78, 5) is 23.1. The van der Waals surface area contributed by atoms with Gasteiger partial charge in [-0.1, -0.05) is 30.3 Å². The fourth-order valence-electron chi connectivity index (χ4n) is 1.89. The van der Waals surface area contributed by atoms with Gasteiger partial charge in [0.2, 0.25) is 11.8 Å². The quantitative estimate of drug-likeness (QED) is 0.715. The molecule has 0 heterocycles. The number of alkyl halides is 3. The summed E-state index contributed by atoms with van der Waals surface area (Å²) in [7, 11) is 0. The summed E-state index contributed by atoms with van der Waals surface area (Å²) in [6, 6.07) is 8.44. The number of benzene rings is 1. The molecule has 1 aromatic carbocycles. The lowest BCUT2D eigenvalue weighted by Crippen LogP contribution is -2.34. The minimum Gasteiger partial charge on any atom is -0.370 e. The molecule has 2 amide bonds. The van der Waals surface area contributed by atoms with Crippen molar-refractivity contribution in [2.75, 3.05) is 19.8 Å². The molecule has 5 nitrogen and oxygen atoms in total. The van der Waals surface area contributed by atoms with E-state index in [4.69, 9.17) is 0 Å². The van der Waals surface area contributed by atoms with Gasteiger partial charge >= 0.3 is 6.18 Å². The van der Waals surface area contributed by atoms with Gasteiger partial charge in [-0.2, -0.15) is 13.2 Å². The summed E-state index contributed by atoms with van der Waals surface area (Å²) in [6.07, 6.45) is -4.39. The zero-order chi connectivity index (χ0) is 17.3. The maximum absolute atomic E-state index is 11.9. The summed E-state index contributed by atoms with van der Waals surface area (Å²) < 4.78 is 40.0. The van der Waals surface area contributed by atoms with Crippen molar-refractivity contribution >= 4 is 11.8 Å². The zero-order valence-corrected chi connectivity index (χ0v) is 12.7. The summed E-state index contributed by atoms with van der Waals surface area (Å²) in [5, 5.41) is 5.13. The van der Waals surface area contributed by atoms with Gasteiger partial charge in [0.1, 0.15) is 6.61 Å². The maximum Gasteiger partial charge on any atom is 0.411 e. The van der Waals surface area contributed by atoms with Gasteiger partial charge in [-0.05, 0) is 5.56 Å². The Labute approximate surface area is 132 Å². The van der Waals surface area contributed by atoms with Gasteiger partial charge < -0.3 is 15.4 Å². The van der Waals surface area contributed by atoms with Gasteiger partial charge in [0.05, 0.1) is 19.1 Å². The number of nitrogens with one attached hydrogen (secondary N) is 2. The molecule has 0 saturated carbocycles. The second kappa shape index (κ2) is 9.14. The van der Waals surface area contributed by atoms with Crippen molar-refractivity contribution in [3.8, 4) is 0 Å². The highest BCUT2D eigenvalue weighted by Gasteiger charge is 2.27. The molecule has 0 aliphatic carbocycles. The van der Waals surface area contributed by atoms with Crippen LogP contribution < -0.4 is 10.6 Å². The summed E-state index contributed by atoms with van der Waals surface area (Å²) in [5.74, 6) is -0.664. The predicted octanol–water partition coefficient (Wildman–Crippen LogP) is 1.95. The Bertz CT molecular complexity index is 506. The van der Waals surface area contributed by atoms with E-state index >= 15 is 0 Å². The third kappa shape index (κ3) is 8.82. The molecule has 0 spiro atoms. The number of hydrogen-bond donors (Lipinski definition) is 2. The maximum atomic E-state index is 11.9. The minimum atomic E-state index is -4.38. The van der Waals surface area contributed by atoms with E-state index in [2.05, 4.69) is 15.4 Å². The molecule has 23 heavy (non-hydrogen) atoms. The molecule has 0 aliphatic heterocycles. The molecular weight excluding hydrogens is 313 g/mol. The Hall–Kier alpha value is -2.09. The van der Waals surface area contributed by atoms with Crippen molar-refractivity contribution in [2.24, 2.45) is 0 Å². The van der Waals surface area contributed by atoms with Gasteiger partial charge in [-0.15, -0.1) is 0 Å². The normalized spacial score (nSPS) is 12.5. The third-order valence-corrected chi connectivity index (χ3v) is 2.80. The number of rotatable bonds is 8. The van der Waals surface area contributed by atoms with Gasteiger partial charge in [0.15, 0.2) is 0 Å². The Kier molecular flexibility index (Phi) is 7.53. The number of halogens is 3. The second-order valence-corrected chi connectivity index (χ2v) is 4.89. The fraction of sp³-hybridized carbons (Fsp3) is 0.467. The van der Waals surface area contributed by atoms with Crippen LogP contribution in [0, 0.1) is 0 Å². The standard InChI is InChI=1S/C15H19F3N2O3/c1-11(21)20-13(12-5-3-2-4-6-12)9-14(22)19-7-8-23-10-15(16,17)18/h2-6,13H,7-10H2,1H3,(H,19,22)(H,20,21). The first kappa shape index (κ1) is 19.0. The highest BCUT2D eigenvalue weighted by Crippen LogP contribution is 2.16. The molecule has 0 saturated heterocycles. The molecule has 8 heteroatoms. The van der Waals surface area contributed by atoms with Crippen molar-refractivity contribution in [1.29, 1.82) is 0 Å². The highest BCUT2D eigenvalue weighted by atomic mass is 19.4. The van der Waals surface area contributed by atoms with E-state index in [0.29, 0.717) is 0 Å². The number of amides is 2. The van der Waals surface area contributed by atoms with E-state index in [1.54, 1.807) is 24.3 Å². The van der Waals surface area contributed by atoms with Gasteiger partial charge in [0, 0.05) is 13.5 Å². The average Bonchev–Trinajstić information content (AvgIpc) is 2.45. The van der Waals surface area contributed by atoms with E-state index in [1.807, 2.05) is 6.07 Å². The van der Waals surface area contributed by atoms with E-state index < -0.39 is 18.8 Å². The number of ether oxygens (including phenoxy) is 1. The number of carbonyl (C=O) groups excluding carboxylic acids is 2. The smallest absolute Gasteiger partial charge is 0.370 e. The Morgan fingerprint density at radius 2 is 1.87 bits per heavy atom. The van der Waals surface area contributed by atoms with Crippen LogP contribution >= 0.6 is 0 Å². The van der Waals surface area contributed by atoms with E-state index in [1.165, 1.54) is 6.92 Å². The number of hydrogen-bond acceptors (Lipinski definition) is 3. The molecule has 1 unspecified atom stereocenters. The van der Waals surface area contributed by atoms with Crippen LogP contribution in [0.5, 0.6) is 0 Å². The minimum absolute atomic E-state index is 0.0110. The lowest BCUT2D eigenvalue weighted by molar-refractivity contribution is -0.173. The van der Waals surface area contributed by atoms with Crippen LogP contribution in [0.2, 0.25) is 0 Å². The molecule has 0 aliphatic rings. The summed E-state index contributed by atoms with van der Waals surface area (Å²) in [5.41, 5.74) is 0.770. The fourth-order valence-corrected chi connectivity index (χ4v) is 1.89. The molecule has 0 aromatic heterocycles. The van der Waals surface area contributed by atoms with Crippen LogP contribution in [0.25, 0.3) is 0 Å². The molecule has 0 bridgehead atoms. The van der Waals surface area contributed by atoms with Crippen molar-refractivity contribution in [1.82, 2.24) is 10.6 Å². The molecular formula is C15H19F3N2O3. The van der Waals surface area contributed by atoms with Gasteiger partial charge in [0.25, 0.3) is 0 Å². The molecule has 0 radical (unpaired) electrons.